The van der Waals surface area contributed by atoms with E-state index in [0.717, 1.165) is 0 Å². The quantitative estimate of drug-likeness (QED) is 0.388. The summed E-state index contributed by atoms with van der Waals surface area (Å²) in [6.45, 7) is 4.02. The van der Waals surface area contributed by atoms with Crippen molar-refractivity contribution in [3.05, 3.63) is 0 Å². The fraction of sp³-hybridized carbons (Fsp3) is 0.600. The Hall–Kier alpha value is -1.90. The summed E-state index contributed by atoms with van der Waals surface area (Å²) in [5.41, 5.74) is 0. The molecular weight excluding hydrogens is 210 g/mol. The first-order valence-electron chi connectivity index (χ1n) is 4.92. The highest BCUT2D eigenvalue weighted by Crippen LogP contribution is 1.94. The SMILES string of the molecule is CCOC(=O)[C@@H](C#N)C=NCCNC(C)=O. The predicted molar refractivity (Wildman–Crippen MR) is 57.8 cm³/mol. The molecule has 1 N–H and O–H groups in total. The lowest BCUT2D eigenvalue weighted by Gasteiger charge is -2.02. The van der Waals surface area contributed by atoms with Crippen LogP contribution in [-0.2, 0) is 14.3 Å². The molecule has 0 heterocycles. The van der Waals surface area contributed by atoms with E-state index < -0.39 is 11.9 Å². The molecule has 0 aliphatic rings. The maximum absolute atomic E-state index is 11.1. The van der Waals surface area contributed by atoms with E-state index in [1.807, 2.05) is 0 Å². The van der Waals surface area contributed by atoms with Crippen molar-refractivity contribution >= 4 is 18.1 Å². The van der Waals surface area contributed by atoms with Gasteiger partial charge in [0.2, 0.25) is 5.91 Å². The molecule has 0 spiro atoms. The van der Waals surface area contributed by atoms with Crippen LogP contribution in [0.15, 0.2) is 4.99 Å². The summed E-state index contributed by atoms with van der Waals surface area (Å²) in [6, 6.07) is 1.78. The number of ether oxygens (including phenoxy) is 1. The summed E-state index contributed by atoms with van der Waals surface area (Å²) in [6.07, 6.45) is 1.24. The van der Waals surface area contributed by atoms with Crippen molar-refractivity contribution < 1.29 is 14.3 Å². The van der Waals surface area contributed by atoms with Gasteiger partial charge < -0.3 is 10.1 Å². The molecule has 16 heavy (non-hydrogen) atoms. The van der Waals surface area contributed by atoms with Crippen LogP contribution in [0.2, 0.25) is 0 Å². The first-order valence-corrected chi connectivity index (χ1v) is 4.92. The van der Waals surface area contributed by atoms with Gasteiger partial charge in [-0.05, 0) is 6.92 Å². The van der Waals surface area contributed by atoms with Gasteiger partial charge in [-0.25, -0.2) is 0 Å². The maximum atomic E-state index is 11.1. The summed E-state index contributed by atoms with van der Waals surface area (Å²) in [5, 5.41) is 11.2. The van der Waals surface area contributed by atoms with Crippen LogP contribution in [-0.4, -0.2) is 37.8 Å². The van der Waals surface area contributed by atoms with Gasteiger partial charge in [-0.3, -0.25) is 14.6 Å². The molecule has 0 radical (unpaired) electrons. The van der Waals surface area contributed by atoms with Gasteiger partial charge in [-0.2, -0.15) is 5.26 Å². The molecule has 1 amide bonds. The van der Waals surface area contributed by atoms with E-state index in [-0.39, 0.29) is 12.5 Å². The molecular formula is C10H15N3O3. The predicted octanol–water partition coefficient (Wildman–Crippen LogP) is -0.104. The minimum atomic E-state index is -0.975. The molecule has 0 aromatic heterocycles. The number of amides is 1. The van der Waals surface area contributed by atoms with Crippen LogP contribution in [0, 0.1) is 17.2 Å². The fourth-order valence-corrected chi connectivity index (χ4v) is 0.855. The van der Waals surface area contributed by atoms with Crippen molar-refractivity contribution in [1.82, 2.24) is 5.32 Å². The number of carbonyl (C=O) groups is 2. The van der Waals surface area contributed by atoms with Crippen LogP contribution in [0.1, 0.15) is 13.8 Å². The number of carbonyl (C=O) groups excluding carboxylic acids is 2. The molecule has 88 valence electrons. The van der Waals surface area contributed by atoms with Crippen molar-refractivity contribution in [2.24, 2.45) is 10.9 Å². The van der Waals surface area contributed by atoms with Crippen LogP contribution in [0.25, 0.3) is 0 Å². The highest BCUT2D eigenvalue weighted by molar-refractivity contribution is 5.92. The van der Waals surface area contributed by atoms with Gasteiger partial charge in [-0.15, -0.1) is 0 Å². The monoisotopic (exact) mass is 225 g/mol. The van der Waals surface area contributed by atoms with E-state index >= 15 is 0 Å². The third kappa shape index (κ3) is 6.54. The van der Waals surface area contributed by atoms with E-state index in [0.29, 0.717) is 13.1 Å². The maximum Gasteiger partial charge on any atom is 0.328 e. The third-order valence-electron chi connectivity index (χ3n) is 1.55. The normalized spacial score (nSPS) is 11.8. The van der Waals surface area contributed by atoms with E-state index in [4.69, 9.17) is 5.26 Å². The molecule has 0 aliphatic carbocycles. The smallest absolute Gasteiger partial charge is 0.328 e. The van der Waals surface area contributed by atoms with Gasteiger partial charge in [0, 0.05) is 19.7 Å². The van der Waals surface area contributed by atoms with E-state index in [1.165, 1.54) is 13.1 Å². The lowest BCUT2D eigenvalue weighted by Crippen LogP contribution is -2.23. The summed E-state index contributed by atoms with van der Waals surface area (Å²) in [4.78, 5) is 25.5. The summed E-state index contributed by atoms with van der Waals surface area (Å²) >= 11 is 0. The molecule has 0 aromatic carbocycles. The second-order valence-electron chi connectivity index (χ2n) is 2.90. The van der Waals surface area contributed by atoms with E-state index in [2.05, 4.69) is 15.0 Å². The first kappa shape index (κ1) is 14.1. The van der Waals surface area contributed by atoms with Gasteiger partial charge in [0.25, 0.3) is 0 Å². The van der Waals surface area contributed by atoms with Gasteiger partial charge in [0.1, 0.15) is 0 Å². The Bertz CT molecular complexity index is 307. The summed E-state index contributed by atoms with van der Waals surface area (Å²) in [7, 11) is 0. The average Bonchev–Trinajstić information content (AvgIpc) is 2.23. The zero-order chi connectivity index (χ0) is 12.4. The molecule has 0 rings (SSSR count). The number of esters is 1. The highest BCUT2D eigenvalue weighted by Gasteiger charge is 2.15. The van der Waals surface area contributed by atoms with Gasteiger partial charge in [0.15, 0.2) is 5.92 Å². The Morgan fingerprint density at radius 3 is 2.81 bits per heavy atom. The largest absolute Gasteiger partial charge is 0.465 e. The minimum absolute atomic E-state index is 0.141. The number of rotatable bonds is 6. The average molecular weight is 225 g/mol. The van der Waals surface area contributed by atoms with Crippen molar-refractivity contribution in [3.63, 3.8) is 0 Å². The lowest BCUT2D eigenvalue weighted by molar-refractivity contribution is -0.143. The standard InChI is InChI=1S/C10H15N3O3/c1-3-16-10(15)9(6-11)7-12-4-5-13-8(2)14/h7,9H,3-5H2,1-2H3,(H,13,14)/t9-/m0/s1. The van der Waals surface area contributed by atoms with Crippen LogP contribution >= 0.6 is 0 Å². The minimum Gasteiger partial charge on any atom is -0.465 e. The van der Waals surface area contributed by atoms with Crippen molar-refractivity contribution in [2.45, 2.75) is 13.8 Å². The second-order valence-corrected chi connectivity index (χ2v) is 2.90. The summed E-state index contributed by atoms with van der Waals surface area (Å²) in [5.74, 6) is -1.72. The van der Waals surface area contributed by atoms with Gasteiger partial charge in [-0.1, -0.05) is 0 Å². The van der Waals surface area contributed by atoms with Crippen molar-refractivity contribution in [3.8, 4) is 6.07 Å². The molecule has 0 bridgehead atoms. The number of hydrogen-bond acceptors (Lipinski definition) is 5. The van der Waals surface area contributed by atoms with Crippen molar-refractivity contribution in [2.75, 3.05) is 19.7 Å². The number of nitriles is 1. The number of hydrogen-bond donors (Lipinski definition) is 1. The number of aliphatic imine (C=N–C) groups is 1. The molecule has 0 fully saturated rings. The Labute approximate surface area is 94.3 Å². The fourth-order valence-electron chi connectivity index (χ4n) is 0.855. The van der Waals surface area contributed by atoms with Crippen LogP contribution in [0.5, 0.6) is 0 Å². The van der Waals surface area contributed by atoms with Gasteiger partial charge in [0.05, 0.1) is 19.2 Å². The van der Waals surface area contributed by atoms with Crippen LogP contribution < -0.4 is 5.32 Å². The number of nitrogens with one attached hydrogen (secondary N) is 1. The molecule has 0 saturated carbocycles. The zero-order valence-electron chi connectivity index (χ0n) is 9.40. The number of nitrogens with zero attached hydrogens (tertiary/aromatic N) is 2. The zero-order valence-corrected chi connectivity index (χ0v) is 9.40. The molecule has 0 aliphatic heterocycles. The van der Waals surface area contributed by atoms with E-state index in [1.54, 1.807) is 13.0 Å². The highest BCUT2D eigenvalue weighted by atomic mass is 16.5. The second kappa shape index (κ2) is 8.41. The molecule has 1 atom stereocenters. The topological polar surface area (TPSA) is 91.6 Å². The van der Waals surface area contributed by atoms with Crippen LogP contribution in [0.4, 0.5) is 0 Å². The first-order chi connectivity index (χ1) is 7.61. The Morgan fingerprint density at radius 1 is 1.62 bits per heavy atom. The Morgan fingerprint density at radius 2 is 2.31 bits per heavy atom. The molecule has 6 nitrogen and oxygen atoms in total. The van der Waals surface area contributed by atoms with E-state index in [9.17, 15) is 9.59 Å². The lowest BCUT2D eigenvalue weighted by atomic mass is 10.2. The van der Waals surface area contributed by atoms with Crippen molar-refractivity contribution in [1.29, 1.82) is 5.26 Å². The van der Waals surface area contributed by atoms with Gasteiger partial charge >= 0.3 is 5.97 Å². The molecule has 6 heteroatoms. The molecule has 0 aromatic rings. The third-order valence-corrected chi connectivity index (χ3v) is 1.55. The molecule has 0 unspecified atom stereocenters. The summed E-state index contributed by atoms with van der Waals surface area (Å²) < 4.78 is 4.67. The van der Waals surface area contributed by atoms with Crippen LogP contribution in [0.3, 0.4) is 0 Å². The molecule has 0 saturated heterocycles. The Kier molecular flexibility index (Phi) is 7.41. The Balaban J connectivity index is 3.94.